The summed E-state index contributed by atoms with van der Waals surface area (Å²) in [6.07, 6.45) is 5.59. The van der Waals surface area contributed by atoms with Crippen molar-refractivity contribution in [2.75, 3.05) is 19.6 Å². The van der Waals surface area contributed by atoms with Crippen molar-refractivity contribution in [1.82, 2.24) is 10.2 Å². The lowest BCUT2D eigenvalue weighted by molar-refractivity contribution is -0.128. The van der Waals surface area contributed by atoms with Crippen LogP contribution in [0, 0.1) is 5.92 Å². The van der Waals surface area contributed by atoms with E-state index < -0.39 is 0 Å². The van der Waals surface area contributed by atoms with E-state index in [0.717, 1.165) is 44.7 Å². The first kappa shape index (κ1) is 12.8. The van der Waals surface area contributed by atoms with Crippen LogP contribution in [0.3, 0.4) is 0 Å². The molecular weight excluding hydrogens is 214 g/mol. The van der Waals surface area contributed by atoms with Crippen molar-refractivity contribution in [3.05, 3.63) is 0 Å². The molecular formula is C13H25N3O. The van der Waals surface area contributed by atoms with Crippen LogP contribution in [-0.2, 0) is 4.79 Å². The van der Waals surface area contributed by atoms with Gasteiger partial charge in [0.2, 0.25) is 5.91 Å². The summed E-state index contributed by atoms with van der Waals surface area (Å²) in [7, 11) is 0. The fraction of sp³-hybridized carbons (Fsp3) is 0.923. The minimum Gasteiger partial charge on any atom is -0.355 e. The molecule has 2 heterocycles. The standard InChI is InChI=1S/C13H25N3O/c1-10-5-7-16(11(8-10)9-14)12-4-2-3-6-15-13(12)17/h10-12H,2-9,14H2,1H3,(H,15,17). The molecule has 2 rings (SSSR count). The normalized spacial score (nSPS) is 36.4. The summed E-state index contributed by atoms with van der Waals surface area (Å²) < 4.78 is 0. The molecule has 0 aromatic carbocycles. The van der Waals surface area contributed by atoms with Gasteiger partial charge in [0.25, 0.3) is 0 Å². The second-order valence-corrected chi connectivity index (χ2v) is 5.56. The van der Waals surface area contributed by atoms with Crippen molar-refractivity contribution in [3.63, 3.8) is 0 Å². The van der Waals surface area contributed by atoms with Crippen LogP contribution in [0.5, 0.6) is 0 Å². The first-order valence-corrected chi connectivity index (χ1v) is 6.96. The zero-order valence-corrected chi connectivity index (χ0v) is 10.8. The van der Waals surface area contributed by atoms with Crippen LogP contribution in [0.4, 0.5) is 0 Å². The van der Waals surface area contributed by atoms with Crippen LogP contribution in [-0.4, -0.2) is 42.5 Å². The molecule has 0 spiro atoms. The van der Waals surface area contributed by atoms with Gasteiger partial charge in [0.15, 0.2) is 0 Å². The highest BCUT2D eigenvalue weighted by atomic mass is 16.2. The summed E-state index contributed by atoms with van der Waals surface area (Å²) in [6, 6.07) is 0.464. The Labute approximate surface area is 104 Å². The zero-order chi connectivity index (χ0) is 12.3. The molecule has 3 atom stereocenters. The van der Waals surface area contributed by atoms with E-state index in [1.54, 1.807) is 0 Å². The van der Waals surface area contributed by atoms with Crippen LogP contribution in [0.1, 0.15) is 39.0 Å². The Morgan fingerprint density at radius 3 is 3.00 bits per heavy atom. The maximum atomic E-state index is 12.1. The number of hydrogen-bond donors (Lipinski definition) is 2. The highest BCUT2D eigenvalue weighted by Gasteiger charge is 2.34. The van der Waals surface area contributed by atoms with Crippen molar-refractivity contribution in [2.24, 2.45) is 11.7 Å². The predicted octanol–water partition coefficient (Wildman–Crippen LogP) is 0.714. The molecule has 3 N–H and O–H groups in total. The van der Waals surface area contributed by atoms with E-state index in [2.05, 4.69) is 17.1 Å². The number of nitrogens with two attached hydrogens (primary N) is 1. The topological polar surface area (TPSA) is 58.4 Å². The fourth-order valence-corrected chi connectivity index (χ4v) is 3.15. The molecule has 0 bridgehead atoms. The van der Waals surface area contributed by atoms with Gasteiger partial charge in [0.05, 0.1) is 6.04 Å². The van der Waals surface area contributed by atoms with E-state index in [4.69, 9.17) is 5.73 Å². The molecule has 0 aliphatic carbocycles. The highest BCUT2D eigenvalue weighted by molar-refractivity contribution is 5.82. The fourth-order valence-electron chi connectivity index (χ4n) is 3.15. The third kappa shape index (κ3) is 2.99. The molecule has 0 radical (unpaired) electrons. The van der Waals surface area contributed by atoms with Gasteiger partial charge < -0.3 is 11.1 Å². The largest absolute Gasteiger partial charge is 0.355 e. The zero-order valence-electron chi connectivity index (χ0n) is 10.8. The average molecular weight is 239 g/mol. The maximum Gasteiger partial charge on any atom is 0.237 e. The molecule has 1 amide bonds. The molecule has 0 aromatic heterocycles. The van der Waals surface area contributed by atoms with E-state index in [9.17, 15) is 4.79 Å². The maximum absolute atomic E-state index is 12.1. The quantitative estimate of drug-likeness (QED) is 0.746. The van der Waals surface area contributed by atoms with Gasteiger partial charge in [0.1, 0.15) is 0 Å². The summed E-state index contributed by atoms with van der Waals surface area (Å²) >= 11 is 0. The number of nitrogens with one attached hydrogen (secondary N) is 1. The number of likely N-dealkylation sites (tertiary alicyclic amines) is 1. The Balaban J connectivity index is 2.05. The summed E-state index contributed by atoms with van der Waals surface area (Å²) in [5.41, 5.74) is 5.87. The SMILES string of the molecule is CC1CCN(C2CCCCNC2=O)C(CN)C1. The summed E-state index contributed by atoms with van der Waals surface area (Å²) in [5.74, 6) is 0.962. The number of carbonyl (C=O) groups excluding carboxylic acids is 1. The molecule has 2 fully saturated rings. The molecule has 0 saturated carbocycles. The summed E-state index contributed by atoms with van der Waals surface area (Å²) in [4.78, 5) is 14.4. The monoisotopic (exact) mass is 239 g/mol. The molecule has 0 aromatic rings. The minimum atomic E-state index is 0.0681. The van der Waals surface area contributed by atoms with E-state index in [0.29, 0.717) is 12.6 Å². The average Bonchev–Trinajstić information content (AvgIpc) is 2.54. The predicted molar refractivity (Wildman–Crippen MR) is 68.6 cm³/mol. The van der Waals surface area contributed by atoms with Crippen LogP contribution in [0.2, 0.25) is 0 Å². The third-order valence-corrected chi connectivity index (χ3v) is 4.20. The van der Waals surface area contributed by atoms with Crippen molar-refractivity contribution >= 4 is 5.91 Å². The number of hydrogen-bond acceptors (Lipinski definition) is 3. The van der Waals surface area contributed by atoms with Gasteiger partial charge in [-0.2, -0.15) is 0 Å². The molecule has 2 aliphatic heterocycles. The lowest BCUT2D eigenvalue weighted by Crippen LogP contribution is -2.55. The highest BCUT2D eigenvalue weighted by Crippen LogP contribution is 2.26. The summed E-state index contributed by atoms with van der Waals surface area (Å²) in [5, 5.41) is 3.03. The second-order valence-electron chi connectivity index (χ2n) is 5.56. The smallest absolute Gasteiger partial charge is 0.237 e. The molecule has 2 aliphatic rings. The lowest BCUT2D eigenvalue weighted by Gasteiger charge is -2.41. The Hall–Kier alpha value is -0.610. The Morgan fingerprint density at radius 1 is 1.41 bits per heavy atom. The molecule has 4 heteroatoms. The lowest BCUT2D eigenvalue weighted by atomic mass is 9.90. The van der Waals surface area contributed by atoms with E-state index in [1.807, 2.05) is 0 Å². The Morgan fingerprint density at radius 2 is 2.24 bits per heavy atom. The number of nitrogens with zero attached hydrogens (tertiary/aromatic N) is 1. The van der Waals surface area contributed by atoms with Crippen LogP contribution >= 0.6 is 0 Å². The number of rotatable bonds is 2. The van der Waals surface area contributed by atoms with Gasteiger partial charge in [-0.25, -0.2) is 0 Å². The van der Waals surface area contributed by atoms with E-state index in [-0.39, 0.29) is 11.9 Å². The molecule has 98 valence electrons. The second kappa shape index (κ2) is 5.83. The number of carbonyl (C=O) groups is 1. The molecule has 3 unspecified atom stereocenters. The van der Waals surface area contributed by atoms with Crippen LogP contribution in [0.25, 0.3) is 0 Å². The molecule has 4 nitrogen and oxygen atoms in total. The van der Waals surface area contributed by atoms with Gasteiger partial charge >= 0.3 is 0 Å². The number of amides is 1. The van der Waals surface area contributed by atoms with Crippen molar-refractivity contribution < 1.29 is 4.79 Å². The third-order valence-electron chi connectivity index (χ3n) is 4.20. The minimum absolute atomic E-state index is 0.0681. The molecule has 2 saturated heterocycles. The van der Waals surface area contributed by atoms with E-state index in [1.165, 1.54) is 6.42 Å². The van der Waals surface area contributed by atoms with Gasteiger partial charge in [-0.05, 0) is 44.6 Å². The van der Waals surface area contributed by atoms with Crippen LogP contribution < -0.4 is 11.1 Å². The van der Waals surface area contributed by atoms with Gasteiger partial charge in [-0.1, -0.05) is 6.92 Å². The molecule has 17 heavy (non-hydrogen) atoms. The first-order chi connectivity index (χ1) is 8.22. The van der Waals surface area contributed by atoms with Gasteiger partial charge in [-0.3, -0.25) is 9.69 Å². The van der Waals surface area contributed by atoms with Gasteiger partial charge in [0, 0.05) is 19.1 Å². The van der Waals surface area contributed by atoms with Crippen molar-refractivity contribution in [3.8, 4) is 0 Å². The van der Waals surface area contributed by atoms with Crippen molar-refractivity contribution in [1.29, 1.82) is 0 Å². The number of piperidine rings is 1. The Bertz CT molecular complexity index is 269. The first-order valence-electron chi connectivity index (χ1n) is 6.96. The van der Waals surface area contributed by atoms with E-state index >= 15 is 0 Å². The van der Waals surface area contributed by atoms with Crippen LogP contribution in [0.15, 0.2) is 0 Å². The van der Waals surface area contributed by atoms with Crippen molar-refractivity contribution in [2.45, 2.75) is 51.1 Å². The Kier molecular flexibility index (Phi) is 4.40. The van der Waals surface area contributed by atoms with Gasteiger partial charge in [-0.15, -0.1) is 0 Å². The summed E-state index contributed by atoms with van der Waals surface area (Å²) in [6.45, 7) is 4.83.